The predicted molar refractivity (Wildman–Crippen MR) is 404 cm³/mol. The third-order valence-corrected chi connectivity index (χ3v) is 20.9. The number of aromatic nitrogens is 1. The Bertz CT molecular complexity index is 4020. The number of piperidine rings is 1. The van der Waals surface area contributed by atoms with Crippen LogP contribution in [-0.2, 0) is 83.2 Å². The van der Waals surface area contributed by atoms with Crippen molar-refractivity contribution in [2.75, 3.05) is 33.3 Å². The number of H-pyrrole nitrogens is 1. The molecular formula is C76H101Cl3N14O14. The number of para-hydroxylation sites is 1. The van der Waals surface area contributed by atoms with Crippen LogP contribution in [0, 0.1) is 23.2 Å². The summed E-state index contributed by atoms with van der Waals surface area (Å²) in [7, 11) is 1.29. The number of amides is 12. The molecule has 13 atom stereocenters. The van der Waals surface area contributed by atoms with Gasteiger partial charge < -0.3 is 83.9 Å². The summed E-state index contributed by atoms with van der Waals surface area (Å²) in [6.07, 6.45) is -0.0999. The second kappa shape index (κ2) is 38.6. The highest BCUT2D eigenvalue weighted by molar-refractivity contribution is 6.31. The second-order valence-corrected chi connectivity index (χ2v) is 30.2. The SMILES string of the molecule is CC[C@H](C)[C@@H]1NC(=O)CNC(=O)[C@H]([C@@H](C)CC)NC(=O)[C@H](CO)NC(=O)C(C(=O)N2CCC(C(C)(C)C)CC2)NC(=O)[C@H](Cc2cccc(Cl)c2)NC(=O)[C@](N)(CC)NC(=O)[C@H](Cc2ccc(Cl)cc2)N(C)C(=O)[C@H](Cc2cccc(Cl)c2)NC(=O)[C@H](Cc2c[nH]c3ccccc23)NC(=O)[C@H]([C@@H](C)O)NC1=O. The molecule has 580 valence electrons. The van der Waals surface area contributed by atoms with Crippen molar-refractivity contribution in [3.05, 3.63) is 141 Å². The Kier molecular flexibility index (Phi) is 30.7. The van der Waals surface area contributed by atoms with Crippen molar-refractivity contribution in [1.29, 1.82) is 0 Å². The van der Waals surface area contributed by atoms with Gasteiger partial charge in [-0.1, -0.05) is 158 Å². The number of hydrogen-bond acceptors (Lipinski definition) is 15. The quantitative estimate of drug-likeness (QED) is 0.0631. The molecule has 1 unspecified atom stereocenters. The number of carbonyl (C=O) groups excluding carboxylic acids is 12. The van der Waals surface area contributed by atoms with E-state index in [0.29, 0.717) is 51.0 Å². The zero-order valence-electron chi connectivity index (χ0n) is 61.9. The molecule has 2 aliphatic rings. The van der Waals surface area contributed by atoms with Crippen LogP contribution >= 0.6 is 34.8 Å². The molecule has 0 radical (unpaired) electrons. The molecular weight excluding hydrogens is 1440 g/mol. The lowest BCUT2D eigenvalue weighted by Gasteiger charge is -2.39. The predicted octanol–water partition coefficient (Wildman–Crippen LogP) is 3.17. The van der Waals surface area contributed by atoms with Crippen LogP contribution in [0.2, 0.25) is 15.1 Å². The van der Waals surface area contributed by atoms with Crippen LogP contribution in [0.25, 0.3) is 10.9 Å². The van der Waals surface area contributed by atoms with Crippen molar-refractivity contribution >= 4 is 117 Å². The second-order valence-electron chi connectivity index (χ2n) is 28.9. The Hall–Kier alpha value is -9.19. The maximum Gasteiger partial charge on any atom is 0.261 e. The number of likely N-dealkylation sites (N-methyl/N-ethyl adjacent to an activating group) is 1. The van der Waals surface area contributed by atoms with Crippen LogP contribution in [-0.4, -0.2) is 195 Å². The zero-order chi connectivity index (χ0) is 78.8. The highest BCUT2D eigenvalue weighted by Gasteiger charge is 2.45. The third kappa shape index (κ3) is 23.2. The van der Waals surface area contributed by atoms with Crippen molar-refractivity contribution in [3.63, 3.8) is 0 Å². The summed E-state index contributed by atoms with van der Waals surface area (Å²) in [5.41, 5.74) is 6.78. The Morgan fingerprint density at radius 2 is 1.11 bits per heavy atom. The fraction of sp³-hybridized carbons (Fsp3) is 0.500. The fourth-order valence-electron chi connectivity index (χ4n) is 12.9. The van der Waals surface area contributed by atoms with Gasteiger partial charge in [-0.2, -0.15) is 0 Å². The van der Waals surface area contributed by atoms with Gasteiger partial charge in [0.05, 0.1) is 19.3 Å². The van der Waals surface area contributed by atoms with Crippen molar-refractivity contribution in [2.24, 2.45) is 28.9 Å². The van der Waals surface area contributed by atoms with Gasteiger partial charge in [-0.3, -0.25) is 57.5 Å². The summed E-state index contributed by atoms with van der Waals surface area (Å²) in [5.74, 6) is -13.6. The van der Waals surface area contributed by atoms with E-state index in [4.69, 9.17) is 40.5 Å². The summed E-state index contributed by atoms with van der Waals surface area (Å²) in [5, 5.41) is 49.5. The molecule has 0 spiro atoms. The average molecular weight is 1540 g/mol. The van der Waals surface area contributed by atoms with Crippen LogP contribution in [0.4, 0.5) is 0 Å². The number of carbonyl (C=O) groups is 12. The summed E-state index contributed by atoms with van der Waals surface area (Å²) in [4.78, 5) is 184. The number of benzene rings is 4. The molecule has 31 heteroatoms. The van der Waals surface area contributed by atoms with E-state index in [1.54, 1.807) is 125 Å². The van der Waals surface area contributed by atoms with Gasteiger partial charge in [-0.05, 0) is 114 Å². The Labute approximate surface area is 638 Å². The van der Waals surface area contributed by atoms with Crippen LogP contribution in [0.3, 0.4) is 0 Å². The molecule has 12 amide bonds. The number of aromatic amines is 1. The van der Waals surface area contributed by atoms with Gasteiger partial charge in [-0.15, -0.1) is 0 Å². The van der Waals surface area contributed by atoms with Crippen LogP contribution in [0.5, 0.6) is 0 Å². The van der Waals surface area contributed by atoms with E-state index in [0.717, 1.165) is 4.90 Å². The largest absolute Gasteiger partial charge is 0.394 e. The van der Waals surface area contributed by atoms with Crippen molar-refractivity contribution in [1.82, 2.24) is 68.0 Å². The summed E-state index contributed by atoms with van der Waals surface area (Å²) < 4.78 is 0. The van der Waals surface area contributed by atoms with E-state index in [2.05, 4.69) is 78.9 Å². The van der Waals surface area contributed by atoms with E-state index in [1.165, 1.54) is 31.9 Å². The lowest BCUT2D eigenvalue weighted by atomic mass is 9.75. The molecule has 3 heterocycles. The van der Waals surface area contributed by atoms with Gasteiger partial charge in [0.2, 0.25) is 53.2 Å². The number of fused-ring (bicyclic) bond motifs is 1. The molecule has 5 aromatic rings. The monoisotopic (exact) mass is 1540 g/mol. The molecule has 2 aliphatic heterocycles. The van der Waals surface area contributed by atoms with E-state index < -0.39 is 162 Å². The number of hydrogen-bond donors (Lipinski definition) is 14. The minimum absolute atomic E-state index is 0.139. The zero-order valence-corrected chi connectivity index (χ0v) is 64.2. The molecule has 0 saturated carbocycles. The number of aliphatic hydroxyl groups excluding tert-OH is 2. The van der Waals surface area contributed by atoms with Gasteiger partial charge in [0, 0.05) is 78.0 Å². The van der Waals surface area contributed by atoms with Crippen LogP contribution < -0.4 is 58.9 Å². The first-order chi connectivity index (χ1) is 50.6. The Morgan fingerprint density at radius 1 is 0.579 bits per heavy atom. The van der Waals surface area contributed by atoms with Crippen molar-refractivity contribution in [2.45, 2.75) is 186 Å². The molecule has 1 aromatic heterocycles. The molecule has 28 nitrogen and oxygen atoms in total. The van der Waals surface area contributed by atoms with E-state index >= 15 is 24.0 Å². The van der Waals surface area contributed by atoms with Crippen LogP contribution in [0.1, 0.15) is 117 Å². The van der Waals surface area contributed by atoms with Crippen molar-refractivity contribution < 1.29 is 67.7 Å². The number of nitrogens with zero attached hydrogens (tertiary/aromatic N) is 2. The third-order valence-electron chi connectivity index (χ3n) is 20.1. The maximum absolute atomic E-state index is 15.7. The number of rotatable bonds is 16. The van der Waals surface area contributed by atoms with Crippen LogP contribution in [0.15, 0.2) is 103 Å². The number of nitrogens with two attached hydrogens (primary N) is 1. The lowest BCUT2D eigenvalue weighted by Crippen LogP contribution is -2.70. The van der Waals surface area contributed by atoms with Gasteiger partial charge in [-0.25, -0.2) is 0 Å². The minimum Gasteiger partial charge on any atom is -0.394 e. The highest BCUT2D eigenvalue weighted by atomic mass is 35.5. The molecule has 0 aliphatic carbocycles. The number of aliphatic hydroxyl groups is 2. The summed E-state index contributed by atoms with van der Waals surface area (Å²) in [6.45, 7) is 13.9. The molecule has 0 bridgehead atoms. The minimum atomic E-state index is -2.45. The van der Waals surface area contributed by atoms with Gasteiger partial charge in [0.25, 0.3) is 17.7 Å². The number of halogens is 3. The molecule has 4 aromatic carbocycles. The Morgan fingerprint density at radius 3 is 1.68 bits per heavy atom. The van der Waals surface area contributed by atoms with E-state index in [9.17, 15) is 43.8 Å². The molecule has 7 rings (SSSR count). The number of nitrogens with one attached hydrogen (secondary N) is 11. The first kappa shape index (κ1) is 85.1. The van der Waals surface area contributed by atoms with Gasteiger partial charge in [0.15, 0.2) is 11.7 Å². The fourth-order valence-corrected chi connectivity index (χ4v) is 13.5. The first-order valence-corrected chi connectivity index (χ1v) is 37.2. The molecule has 2 fully saturated rings. The summed E-state index contributed by atoms with van der Waals surface area (Å²) >= 11 is 19.3. The van der Waals surface area contributed by atoms with E-state index in [-0.39, 0.29) is 79.4 Å². The highest BCUT2D eigenvalue weighted by Crippen LogP contribution is 2.35. The first-order valence-electron chi connectivity index (χ1n) is 36.0. The summed E-state index contributed by atoms with van der Waals surface area (Å²) in [6, 6.07) is 10.7. The molecule has 2 saturated heterocycles. The van der Waals surface area contributed by atoms with Gasteiger partial charge in [0.1, 0.15) is 48.3 Å². The van der Waals surface area contributed by atoms with Crippen molar-refractivity contribution in [3.8, 4) is 0 Å². The molecule has 107 heavy (non-hydrogen) atoms. The number of likely N-dealkylation sites (tertiary alicyclic amines) is 1. The lowest BCUT2D eigenvalue weighted by molar-refractivity contribution is -0.145. The maximum atomic E-state index is 15.7. The standard InChI is InChI=1S/C76H101Cl3N14O14/c1-11-41(4)60-68(101)82-39-59(96)87-61(42(5)12-2)69(102)89-62(43(6)95)70(103)83-55(37-47-38-81-53-23-15-14-22-52(47)53)64(97)84-56(35-46-19-17-21-51(79)33-46)72(105)92(10)58(36-44-24-26-49(77)27-25-44)67(100)91-76(80,13-3)74(107)86-54(34-45-18-16-20-50(78)32-45)65(98)90-63(71(104)85-57(40-94)66(99)88-60)73(106)93-30-28-48(29-31-93)75(7,8)9/h14-27,32-33,38,41-43,48,54-58,60-63,81,94-95H,11-13,28-31,34-37,39-40,80H2,1-10H3,(H,82,101)(H,83,103)(H,84,97)(H,85,104)(H,86,107)(H,87,96)(H,88,99)(H,89,102)(H,90,98)(H,91,100)/t41-,42-,43+,54-,55-,56-,57-,58-,60-,61-,62-,63?,76-/m0/s1. The average Bonchev–Trinajstić information content (AvgIpc) is 1.56. The normalized spacial score (nSPS) is 24.9. The van der Waals surface area contributed by atoms with Gasteiger partial charge >= 0.3 is 0 Å². The smallest absolute Gasteiger partial charge is 0.261 e. The topological polar surface area (TPSA) is 414 Å². The van der Waals surface area contributed by atoms with E-state index in [1.807, 2.05) is 0 Å². The molecule has 15 N–H and O–H groups in total. The Balaban J connectivity index is 1.36.